The minimum Gasteiger partial charge on any atom is -0.339 e. The topological polar surface area (TPSA) is 87.4 Å². The van der Waals surface area contributed by atoms with Crippen molar-refractivity contribution in [1.82, 2.24) is 19.8 Å². The fourth-order valence-corrected chi connectivity index (χ4v) is 5.44. The van der Waals surface area contributed by atoms with Crippen LogP contribution >= 0.6 is 0 Å². The van der Waals surface area contributed by atoms with Gasteiger partial charge in [-0.15, -0.1) is 0 Å². The Kier molecular flexibility index (Phi) is 8.69. The summed E-state index contributed by atoms with van der Waals surface area (Å²) in [6.45, 7) is 1.93. The van der Waals surface area contributed by atoms with Gasteiger partial charge >= 0.3 is 6.18 Å². The maximum Gasteiger partial charge on any atom is 0.419 e. The van der Waals surface area contributed by atoms with Gasteiger partial charge in [-0.1, -0.05) is 6.42 Å². The Morgan fingerprint density at radius 2 is 1.86 bits per heavy atom. The van der Waals surface area contributed by atoms with Crippen LogP contribution < -0.4 is 11.1 Å². The van der Waals surface area contributed by atoms with Crippen LogP contribution in [0, 0.1) is 5.92 Å². The van der Waals surface area contributed by atoms with Gasteiger partial charge in [-0.05, 0) is 95.3 Å². The number of aromatic nitrogens is 2. The largest absolute Gasteiger partial charge is 0.419 e. The first-order chi connectivity index (χ1) is 17.6. The second-order valence-electron chi connectivity index (χ2n) is 10.5. The number of piperidine rings is 1. The second kappa shape index (κ2) is 11.8. The first kappa shape index (κ1) is 27.3. The smallest absolute Gasteiger partial charge is 0.339 e. The van der Waals surface area contributed by atoms with Crippen molar-refractivity contribution in [2.45, 2.75) is 69.6 Å². The van der Waals surface area contributed by atoms with Crippen molar-refractivity contribution in [3.63, 3.8) is 0 Å². The molecule has 1 aromatic heterocycles. The van der Waals surface area contributed by atoms with Gasteiger partial charge in [0.05, 0.1) is 11.3 Å². The predicted octanol–water partition coefficient (Wildman–Crippen LogP) is 4.86. The fraction of sp³-hybridized carbons (Fsp3) is 0.593. The summed E-state index contributed by atoms with van der Waals surface area (Å²) < 4.78 is 40.7. The molecule has 0 bridgehead atoms. The van der Waals surface area contributed by atoms with Crippen LogP contribution in [0.3, 0.4) is 0 Å². The number of hydrogen-bond acceptors (Lipinski definition) is 6. The van der Waals surface area contributed by atoms with Crippen molar-refractivity contribution < 1.29 is 18.0 Å². The molecule has 2 heterocycles. The van der Waals surface area contributed by atoms with Crippen molar-refractivity contribution in [2.75, 3.05) is 32.5 Å². The Balaban J connectivity index is 1.40. The summed E-state index contributed by atoms with van der Waals surface area (Å²) in [5, 5.41) is 2.99. The number of nitrogens with two attached hydrogens (primary N) is 1. The van der Waals surface area contributed by atoms with E-state index in [9.17, 15) is 18.0 Å². The number of carbonyl (C=O) groups excluding carboxylic acids is 1. The number of nitrogens with one attached hydrogen (secondary N) is 1. The normalized spacial score (nSPS) is 21.2. The molecule has 10 heteroatoms. The minimum absolute atomic E-state index is 0.0110. The van der Waals surface area contributed by atoms with Crippen molar-refractivity contribution in [3.8, 4) is 0 Å². The Labute approximate surface area is 216 Å². The van der Waals surface area contributed by atoms with Crippen LogP contribution in [0.2, 0.25) is 0 Å². The third-order valence-electron chi connectivity index (χ3n) is 7.82. The molecule has 7 nitrogen and oxygen atoms in total. The number of aryl methyl sites for hydroxylation is 1. The van der Waals surface area contributed by atoms with Crippen LogP contribution in [-0.2, 0) is 12.6 Å². The highest BCUT2D eigenvalue weighted by atomic mass is 19.4. The number of benzene rings is 1. The Morgan fingerprint density at radius 3 is 2.49 bits per heavy atom. The lowest BCUT2D eigenvalue weighted by molar-refractivity contribution is -0.138. The summed E-state index contributed by atoms with van der Waals surface area (Å²) in [5.41, 5.74) is 6.46. The van der Waals surface area contributed by atoms with E-state index in [1.807, 2.05) is 7.05 Å². The lowest BCUT2D eigenvalue weighted by Crippen LogP contribution is -2.44. The molecule has 1 amide bonds. The number of anilines is 2. The number of amides is 1. The number of likely N-dealkylation sites (tertiary alicyclic amines) is 1. The lowest BCUT2D eigenvalue weighted by atomic mass is 9.96. The number of rotatable bonds is 8. The lowest BCUT2D eigenvalue weighted by Gasteiger charge is -2.35. The van der Waals surface area contributed by atoms with Gasteiger partial charge in [0, 0.05) is 36.6 Å². The molecule has 1 aliphatic heterocycles. The maximum absolute atomic E-state index is 13.6. The molecular formula is C27H37F3N6O. The minimum atomic E-state index is -4.51. The van der Waals surface area contributed by atoms with Crippen LogP contribution in [0.5, 0.6) is 0 Å². The van der Waals surface area contributed by atoms with Gasteiger partial charge in [0.15, 0.2) is 0 Å². The first-order valence-corrected chi connectivity index (χ1v) is 13.1. The van der Waals surface area contributed by atoms with E-state index in [-0.39, 0.29) is 36.1 Å². The average molecular weight is 519 g/mol. The molecule has 1 saturated heterocycles. The molecular weight excluding hydrogens is 481 g/mol. The van der Waals surface area contributed by atoms with Crippen molar-refractivity contribution in [3.05, 3.63) is 47.3 Å². The molecule has 0 spiro atoms. The van der Waals surface area contributed by atoms with E-state index in [1.165, 1.54) is 0 Å². The molecule has 1 aliphatic carbocycles. The summed E-state index contributed by atoms with van der Waals surface area (Å²) in [7, 11) is 3.92. The highest BCUT2D eigenvalue weighted by Crippen LogP contribution is 2.33. The summed E-state index contributed by atoms with van der Waals surface area (Å²) in [4.78, 5) is 25.1. The summed E-state index contributed by atoms with van der Waals surface area (Å²) in [5.74, 6) is 0.424. The van der Waals surface area contributed by atoms with Crippen LogP contribution in [-0.4, -0.2) is 64.9 Å². The Morgan fingerprint density at radius 1 is 1.16 bits per heavy atom. The summed E-state index contributed by atoms with van der Waals surface area (Å²) >= 11 is 0. The van der Waals surface area contributed by atoms with E-state index < -0.39 is 11.7 Å². The molecule has 2 aliphatic rings. The van der Waals surface area contributed by atoms with Crippen molar-refractivity contribution >= 4 is 17.5 Å². The van der Waals surface area contributed by atoms with E-state index in [4.69, 9.17) is 5.73 Å². The van der Waals surface area contributed by atoms with E-state index in [1.54, 1.807) is 29.2 Å². The predicted molar refractivity (Wildman–Crippen MR) is 138 cm³/mol. The summed E-state index contributed by atoms with van der Waals surface area (Å²) in [6.07, 6.45) is 2.94. The van der Waals surface area contributed by atoms with Crippen LogP contribution in [0.15, 0.2) is 30.5 Å². The van der Waals surface area contributed by atoms with E-state index in [0.29, 0.717) is 23.6 Å². The van der Waals surface area contributed by atoms with Crippen LogP contribution in [0.1, 0.15) is 66.6 Å². The van der Waals surface area contributed by atoms with Gasteiger partial charge in [0.1, 0.15) is 0 Å². The highest BCUT2D eigenvalue weighted by Gasteiger charge is 2.35. The molecule has 1 aromatic carbocycles. The third-order valence-corrected chi connectivity index (χ3v) is 7.82. The molecule has 1 saturated carbocycles. The average Bonchev–Trinajstić information content (AvgIpc) is 3.28. The SMILES string of the molecule is CN1CCC(N(C)C(=O)c2ccc(Nc3ncc(C(F)(F)F)c(CCCC4CCC[C@@H]4N)n3)cc2)CC1. The maximum atomic E-state index is 13.6. The molecule has 2 atom stereocenters. The number of halogens is 3. The fourth-order valence-electron chi connectivity index (χ4n) is 5.44. The number of hydrogen-bond donors (Lipinski definition) is 2. The Hall–Kier alpha value is -2.72. The van der Waals surface area contributed by atoms with Gasteiger partial charge in [-0.2, -0.15) is 13.2 Å². The van der Waals surface area contributed by atoms with Gasteiger partial charge in [0.2, 0.25) is 5.95 Å². The zero-order valence-electron chi connectivity index (χ0n) is 21.6. The first-order valence-electron chi connectivity index (χ1n) is 13.1. The van der Waals surface area contributed by atoms with Crippen LogP contribution in [0.4, 0.5) is 24.8 Å². The molecule has 3 N–H and O–H groups in total. The van der Waals surface area contributed by atoms with Gasteiger partial charge in [0.25, 0.3) is 5.91 Å². The van der Waals surface area contributed by atoms with Crippen LogP contribution in [0.25, 0.3) is 0 Å². The zero-order chi connectivity index (χ0) is 26.6. The quantitative estimate of drug-likeness (QED) is 0.519. The van der Waals surface area contributed by atoms with Gasteiger partial charge in [-0.25, -0.2) is 9.97 Å². The van der Waals surface area contributed by atoms with Crippen molar-refractivity contribution in [2.24, 2.45) is 11.7 Å². The van der Waals surface area contributed by atoms with Crippen molar-refractivity contribution in [1.29, 1.82) is 0 Å². The second-order valence-corrected chi connectivity index (χ2v) is 10.5. The van der Waals surface area contributed by atoms with Gasteiger partial charge in [-0.3, -0.25) is 4.79 Å². The number of nitrogens with zero attached hydrogens (tertiary/aromatic N) is 4. The molecule has 2 aromatic rings. The molecule has 1 unspecified atom stereocenters. The molecule has 0 radical (unpaired) electrons. The zero-order valence-corrected chi connectivity index (χ0v) is 21.6. The number of carbonyl (C=O) groups is 1. The summed E-state index contributed by atoms with van der Waals surface area (Å²) in [6, 6.07) is 7.22. The molecule has 4 rings (SSSR count). The van der Waals surface area contributed by atoms with Gasteiger partial charge < -0.3 is 20.9 Å². The Bertz CT molecular complexity index is 1050. The number of alkyl halides is 3. The standard InChI is InChI=1S/C27H37F3N6O/c1-35-15-13-21(14-16-35)36(2)25(37)19-9-11-20(12-10-19)33-26-32-17-22(27(28,29)30)24(34-26)8-4-6-18-5-3-7-23(18)31/h9-12,17-18,21,23H,3-8,13-16,31H2,1-2H3,(H,32,33,34)/t18?,23-/m0/s1. The highest BCUT2D eigenvalue weighted by molar-refractivity contribution is 5.94. The molecule has 2 fully saturated rings. The molecule has 37 heavy (non-hydrogen) atoms. The van der Waals surface area contributed by atoms with E-state index in [2.05, 4.69) is 27.2 Å². The van der Waals surface area contributed by atoms with E-state index in [0.717, 1.165) is 57.8 Å². The van der Waals surface area contributed by atoms with E-state index >= 15 is 0 Å². The third kappa shape index (κ3) is 6.98. The molecule has 202 valence electrons. The monoisotopic (exact) mass is 518 g/mol.